The van der Waals surface area contributed by atoms with Crippen molar-refractivity contribution < 1.29 is 9.84 Å². The molecule has 0 aliphatic carbocycles. The third-order valence-electron chi connectivity index (χ3n) is 0.543. The molecule has 0 aromatic rings. The zero-order valence-corrected chi connectivity index (χ0v) is 4.96. The summed E-state index contributed by atoms with van der Waals surface area (Å²) in [5, 5.41) is 8.51. The molecule has 0 saturated heterocycles. The lowest BCUT2D eigenvalue weighted by atomic mass is 10.8. The van der Waals surface area contributed by atoms with E-state index in [1.165, 1.54) is 13.3 Å². The maximum atomic E-state index is 8.51. The number of aliphatic hydroxyl groups is 1. The third-order valence-corrected chi connectivity index (χ3v) is 0.543. The monoisotopic (exact) mass is 115 g/mol. The highest BCUT2D eigenvalue weighted by atomic mass is 16.6. The van der Waals surface area contributed by atoms with E-state index in [4.69, 9.17) is 5.11 Å². The van der Waals surface area contributed by atoms with Crippen LogP contribution in [0, 0.1) is 0 Å². The Hall–Kier alpha value is -0.990. The Labute approximate surface area is 48.3 Å². The number of hydrogen-bond acceptors (Lipinski definition) is 3. The first-order valence-electron chi connectivity index (χ1n) is 2.22. The molecular formula is C5H9NO2. The Kier molecular flexibility index (Phi) is 3.66. The second-order valence-electron chi connectivity index (χ2n) is 1.08. The predicted octanol–water partition coefficient (Wildman–Crippen LogP) is 1.08. The fourth-order valence-corrected chi connectivity index (χ4v) is 0.191. The van der Waals surface area contributed by atoms with E-state index in [9.17, 15) is 0 Å². The number of methoxy groups -OCH3 is 1. The normalized spacial score (nSPS) is 12.5. The molecule has 0 spiro atoms. The number of rotatable bonds is 2. The van der Waals surface area contributed by atoms with Crippen molar-refractivity contribution in [1.82, 2.24) is 0 Å². The van der Waals surface area contributed by atoms with Crippen molar-refractivity contribution in [3.63, 3.8) is 0 Å². The molecule has 0 bridgehead atoms. The van der Waals surface area contributed by atoms with Crippen LogP contribution in [0.4, 0.5) is 0 Å². The van der Waals surface area contributed by atoms with Crippen LogP contribution in [0.3, 0.4) is 0 Å². The SMILES string of the molecule is CC=N/C=C(\O)OC. The van der Waals surface area contributed by atoms with Crippen molar-refractivity contribution in [3.05, 3.63) is 12.1 Å². The first kappa shape index (κ1) is 7.01. The van der Waals surface area contributed by atoms with Gasteiger partial charge in [0.1, 0.15) is 6.20 Å². The van der Waals surface area contributed by atoms with Gasteiger partial charge in [-0.3, -0.25) is 4.99 Å². The quantitative estimate of drug-likeness (QED) is 0.432. The van der Waals surface area contributed by atoms with Gasteiger partial charge >= 0.3 is 0 Å². The van der Waals surface area contributed by atoms with E-state index in [0.717, 1.165) is 0 Å². The van der Waals surface area contributed by atoms with Crippen molar-refractivity contribution in [3.8, 4) is 0 Å². The molecule has 0 unspecified atom stereocenters. The van der Waals surface area contributed by atoms with Crippen molar-refractivity contribution in [2.45, 2.75) is 6.92 Å². The smallest absolute Gasteiger partial charge is 0.295 e. The molecule has 0 atom stereocenters. The van der Waals surface area contributed by atoms with E-state index >= 15 is 0 Å². The Balaban J connectivity index is 3.57. The molecule has 0 saturated carbocycles. The molecule has 46 valence electrons. The number of hydrogen-bond donors (Lipinski definition) is 1. The highest BCUT2D eigenvalue weighted by Gasteiger charge is 1.80. The number of aliphatic imine (C=N–C) groups is 1. The second-order valence-corrected chi connectivity index (χ2v) is 1.08. The lowest BCUT2D eigenvalue weighted by Gasteiger charge is -1.90. The average molecular weight is 115 g/mol. The molecule has 0 radical (unpaired) electrons. The van der Waals surface area contributed by atoms with Crippen LogP contribution in [0.1, 0.15) is 6.92 Å². The topological polar surface area (TPSA) is 41.8 Å². The van der Waals surface area contributed by atoms with Gasteiger partial charge in [-0.15, -0.1) is 0 Å². The minimum absolute atomic E-state index is 0.178. The molecule has 3 heteroatoms. The first-order chi connectivity index (χ1) is 3.81. The maximum absolute atomic E-state index is 8.51. The van der Waals surface area contributed by atoms with Gasteiger partial charge in [0, 0.05) is 6.21 Å². The molecule has 0 aromatic heterocycles. The summed E-state index contributed by atoms with van der Waals surface area (Å²) in [4.78, 5) is 3.58. The minimum Gasteiger partial charge on any atom is -0.480 e. The number of aliphatic hydroxyl groups excluding tert-OH is 1. The van der Waals surface area contributed by atoms with Gasteiger partial charge in [0.15, 0.2) is 0 Å². The Morgan fingerprint density at radius 3 is 2.75 bits per heavy atom. The van der Waals surface area contributed by atoms with Gasteiger partial charge in [0.25, 0.3) is 5.95 Å². The Morgan fingerprint density at radius 2 is 2.38 bits per heavy atom. The van der Waals surface area contributed by atoms with E-state index in [1.807, 2.05) is 0 Å². The maximum Gasteiger partial charge on any atom is 0.295 e. The Morgan fingerprint density at radius 1 is 1.75 bits per heavy atom. The van der Waals surface area contributed by atoms with E-state index in [-0.39, 0.29) is 5.95 Å². The van der Waals surface area contributed by atoms with Crippen LogP contribution in [0.2, 0.25) is 0 Å². The molecule has 3 nitrogen and oxygen atoms in total. The molecule has 0 aliphatic heterocycles. The van der Waals surface area contributed by atoms with Crippen molar-refractivity contribution >= 4 is 6.21 Å². The van der Waals surface area contributed by atoms with Gasteiger partial charge in [0.05, 0.1) is 7.11 Å². The van der Waals surface area contributed by atoms with Crippen LogP contribution < -0.4 is 0 Å². The summed E-state index contributed by atoms with van der Waals surface area (Å²) < 4.78 is 4.36. The summed E-state index contributed by atoms with van der Waals surface area (Å²) >= 11 is 0. The molecule has 0 aliphatic rings. The van der Waals surface area contributed by atoms with Gasteiger partial charge in [-0.2, -0.15) is 0 Å². The Bertz CT molecular complexity index is 107. The van der Waals surface area contributed by atoms with E-state index in [1.54, 1.807) is 13.1 Å². The number of nitrogens with zero attached hydrogens (tertiary/aromatic N) is 1. The summed E-state index contributed by atoms with van der Waals surface area (Å²) in [5.74, 6) is -0.178. The highest BCUT2D eigenvalue weighted by Crippen LogP contribution is 1.85. The van der Waals surface area contributed by atoms with Gasteiger partial charge in [0.2, 0.25) is 0 Å². The van der Waals surface area contributed by atoms with Crippen molar-refractivity contribution in [2.75, 3.05) is 7.11 Å². The van der Waals surface area contributed by atoms with Crippen LogP contribution >= 0.6 is 0 Å². The van der Waals surface area contributed by atoms with E-state index < -0.39 is 0 Å². The molecule has 0 rings (SSSR count). The lowest BCUT2D eigenvalue weighted by Crippen LogP contribution is -1.80. The fourth-order valence-electron chi connectivity index (χ4n) is 0.191. The minimum atomic E-state index is -0.178. The molecule has 1 N–H and O–H groups in total. The molecule has 0 heterocycles. The molecule has 0 aromatic carbocycles. The largest absolute Gasteiger partial charge is 0.480 e. The van der Waals surface area contributed by atoms with Gasteiger partial charge in [-0.05, 0) is 6.92 Å². The van der Waals surface area contributed by atoms with Crippen LogP contribution in [-0.4, -0.2) is 18.4 Å². The summed E-state index contributed by atoms with van der Waals surface area (Å²) in [6.45, 7) is 1.75. The van der Waals surface area contributed by atoms with Gasteiger partial charge < -0.3 is 9.84 Å². The zero-order chi connectivity index (χ0) is 6.41. The first-order valence-corrected chi connectivity index (χ1v) is 2.22. The van der Waals surface area contributed by atoms with Gasteiger partial charge in [-0.1, -0.05) is 0 Å². The molecular weight excluding hydrogens is 106 g/mol. The zero-order valence-electron chi connectivity index (χ0n) is 4.96. The van der Waals surface area contributed by atoms with Crippen LogP contribution in [0.15, 0.2) is 17.1 Å². The third kappa shape index (κ3) is 3.21. The van der Waals surface area contributed by atoms with Gasteiger partial charge in [-0.25, -0.2) is 0 Å². The number of ether oxygens (including phenoxy) is 1. The van der Waals surface area contributed by atoms with E-state index in [2.05, 4.69) is 9.73 Å². The molecule has 0 amide bonds. The fraction of sp³-hybridized carbons (Fsp3) is 0.400. The summed E-state index contributed by atoms with van der Waals surface area (Å²) in [6.07, 6.45) is 2.77. The predicted molar refractivity (Wildman–Crippen MR) is 31.9 cm³/mol. The molecule has 0 fully saturated rings. The highest BCUT2D eigenvalue weighted by molar-refractivity contribution is 5.54. The van der Waals surface area contributed by atoms with Crippen molar-refractivity contribution in [1.29, 1.82) is 0 Å². The summed E-state index contributed by atoms with van der Waals surface area (Å²) in [6, 6.07) is 0. The lowest BCUT2D eigenvalue weighted by molar-refractivity contribution is 0.135. The average Bonchev–Trinajstić information content (AvgIpc) is 1.83. The summed E-state index contributed by atoms with van der Waals surface area (Å²) in [7, 11) is 1.37. The van der Waals surface area contributed by atoms with E-state index in [0.29, 0.717) is 0 Å². The van der Waals surface area contributed by atoms with Crippen LogP contribution in [0.25, 0.3) is 0 Å². The summed E-state index contributed by atoms with van der Waals surface area (Å²) in [5.41, 5.74) is 0. The second kappa shape index (κ2) is 4.18. The van der Waals surface area contributed by atoms with Crippen molar-refractivity contribution in [2.24, 2.45) is 4.99 Å². The van der Waals surface area contributed by atoms with Crippen LogP contribution in [-0.2, 0) is 4.74 Å². The standard InChI is InChI=1S/C5H9NO2/c1-3-6-4-5(7)8-2/h3-4,7H,1-2H3/b5-4+,6-3?. The molecule has 8 heavy (non-hydrogen) atoms. The van der Waals surface area contributed by atoms with Crippen LogP contribution in [0.5, 0.6) is 0 Å².